The molecule has 1 unspecified atom stereocenters. The van der Waals surface area contributed by atoms with E-state index in [0.29, 0.717) is 17.2 Å². The highest BCUT2D eigenvalue weighted by Crippen LogP contribution is 2.32. The zero-order valence-electron chi connectivity index (χ0n) is 19.8. The first kappa shape index (κ1) is 31.5. The molecule has 0 aliphatic rings. The molecule has 200 valence electrons. The van der Waals surface area contributed by atoms with E-state index in [4.69, 9.17) is 26.2 Å². The van der Waals surface area contributed by atoms with Gasteiger partial charge in [-0.3, -0.25) is 14.4 Å². The first-order valence-corrected chi connectivity index (χ1v) is 13.0. The quantitative estimate of drug-likeness (QED) is 0.183. The highest BCUT2D eigenvalue weighted by molar-refractivity contribution is 8.01. The first-order valence-electron chi connectivity index (χ1n) is 10.3. The molecule has 2 heterocycles. The highest BCUT2D eigenvalue weighted by atomic mass is 32.2. The number of rotatable bonds is 12. The fraction of sp³-hybridized carbons (Fsp3) is 0.476. The normalized spacial score (nSPS) is 12.4. The number of nitrogens with zero attached hydrogens (tertiary/aromatic N) is 1. The topological polar surface area (TPSA) is 220 Å². The van der Waals surface area contributed by atoms with Crippen LogP contribution < -0.4 is 11.1 Å². The van der Waals surface area contributed by atoms with Gasteiger partial charge in [0.15, 0.2) is 9.94 Å². The number of carbonyl (C=O) groups is 4. The highest BCUT2D eigenvalue weighted by Gasteiger charge is 2.40. The van der Waals surface area contributed by atoms with Crippen LogP contribution in [0, 0.1) is 0 Å². The molecule has 0 spiro atoms. The minimum Gasteiger partial charge on any atom is -0.481 e. The molecule has 12 nitrogen and oxygen atoms in total. The molecular formula is C21H29N3O9S3. The van der Waals surface area contributed by atoms with Crippen molar-refractivity contribution >= 4 is 58.3 Å². The summed E-state index contributed by atoms with van der Waals surface area (Å²) >= 11 is 4.42. The van der Waals surface area contributed by atoms with Crippen LogP contribution in [0.1, 0.15) is 43.3 Å². The van der Waals surface area contributed by atoms with Crippen molar-refractivity contribution in [2.75, 3.05) is 12.3 Å². The van der Waals surface area contributed by atoms with Gasteiger partial charge >= 0.3 is 17.9 Å². The molecule has 36 heavy (non-hydrogen) atoms. The summed E-state index contributed by atoms with van der Waals surface area (Å²) < 4.78 is 0.906. The predicted molar refractivity (Wildman–Crippen MR) is 136 cm³/mol. The number of thiophene rings is 1. The lowest BCUT2D eigenvalue weighted by molar-refractivity contribution is -0.170. The monoisotopic (exact) mass is 563 g/mol. The Morgan fingerprint density at radius 1 is 1.11 bits per heavy atom. The number of carboxylic acid groups (broad SMARTS) is 3. The van der Waals surface area contributed by atoms with Crippen LogP contribution in [0.25, 0.3) is 10.6 Å². The fourth-order valence-electron chi connectivity index (χ4n) is 2.41. The van der Waals surface area contributed by atoms with E-state index in [-0.39, 0.29) is 5.54 Å². The SMILES string of the molecule is CC(C)(C)NCC(O)CSc1nc(-c2ccc(C(N)=O)s2)cs1.O=C(O)CC(O)(CC(=O)O)C(=O)O. The Bertz CT molecular complexity index is 1050. The summed E-state index contributed by atoms with van der Waals surface area (Å²) in [5.74, 6) is -4.84. The van der Waals surface area contributed by atoms with Crippen molar-refractivity contribution in [2.24, 2.45) is 5.73 Å². The van der Waals surface area contributed by atoms with Crippen LogP contribution in [0.4, 0.5) is 0 Å². The lowest BCUT2D eigenvalue weighted by Crippen LogP contribution is -2.42. The van der Waals surface area contributed by atoms with Crippen molar-refractivity contribution in [3.63, 3.8) is 0 Å². The van der Waals surface area contributed by atoms with Crippen LogP contribution in [0.15, 0.2) is 21.9 Å². The van der Waals surface area contributed by atoms with E-state index in [1.165, 1.54) is 34.4 Å². The molecule has 2 aromatic heterocycles. The summed E-state index contributed by atoms with van der Waals surface area (Å²) in [5, 5.41) is 49.1. The van der Waals surface area contributed by atoms with Crippen LogP contribution >= 0.6 is 34.4 Å². The lowest BCUT2D eigenvalue weighted by atomic mass is 9.96. The predicted octanol–water partition coefficient (Wildman–Crippen LogP) is 1.56. The van der Waals surface area contributed by atoms with E-state index in [0.717, 1.165) is 14.9 Å². The first-order chi connectivity index (χ1) is 16.5. The van der Waals surface area contributed by atoms with Crippen molar-refractivity contribution in [1.82, 2.24) is 10.3 Å². The van der Waals surface area contributed by atoms with Crippen molar-refractivity contribution in [2.45, 2.75) is 55.2 Å². The molecule has 0 bridgehead atoms. The zero-order valence-corrected chi connectivity index (χ0v) is 22.2. The average molecular weight is 564 g/mol. The maximum absolute atomic E-state index is 11.1. The standard InChI is InChI=1S/C15H21N3O2S3.C6H8O7/c1-15(2,3)17-6-9(19)7-21-14-18-10(8-22-14)11-4-5-12(23-11)13(16)20;7-3(8)1-6(13,5(11)12)2-4(9)10/h4-5,8-9,17,19H,6-7H2,1-3H3,(H2,16,20);13H,1-2H2,(H,7,8)(H,9,10)(H,11,12). The number of nitrogens with two attached hydrogens (primary N) is 1. The van der Waals surface area contributed by atoms with Crippen LogP contribution in [0.5, 0.6) is 0 Å². The molecule has 0 fully saturated rings. The van der Waals surface area contributed by atoms with E-state index in [1.807, 2.05) is 11.4 Å². The van der Waals surface area contributed by atoms with Gasteiger partial charge in [0.2, 0.25) is 0 Å². The Balaban J connectivity index is 0.000000426. The number of thioether (sulfide) groups is 1. The summed E-state index contributed by atoms with van der Waals surface area (Å²) in [7, 11) is 0. The number of amides is 1. The van der Waals surface area contributed by atoms with Gasteiger partial charge in [0.25, 0.3) is 5.91 Å². The van der Waals surface area contributed by atoms with Gasteiger partial charge in [-0.15, -0.1) is 22.7 Å². The van der Waals surface area contributed by atoms with E-state index in [2.05, 4.69) is 31.1 Å². The van der Waals surface area contributed by atoms with Gasteiger partial charge in [-0.1, -0.05) is 11.8 Å². The summed E-state index contributed by atoms with van der Waals surface area (Å²) in [6.45, 7) is 6.77. The lowest BCUT2D eigenvalue weighted by Gasteiger charge is -2.22. The summed E-state index contributed by atoms with van der Waals surface area (Å²) in [4.78, 5) is 47.6. The number of aromatic nitrogens is 1. The van der Waals surface area contributed by atoms with E-state index in [9.17, 15) is 24.3 Å². The molecule has 2 aromatic rings. The summed E-state index contributed by atoms with van der Waals surface area (Å²) in [6.07, 6.45) is -2.71. The largest absolute Gasteiger partial charge is 0.481 e. The number of aliphatic hydroxyl groups is 2. The Morgan fingerprint density at radius 3 is 2.14 bits per heavy atom. The fourth-order valence-corrected chi connectivity index (χ4v) is 5.08. The second kappa shape index (κ2) is 13.7. The number of primary amides is 1. The molecular weight excluding hydrogens is 534 g/mol. The number of nitrogens with one attached hydrogen (secondary N) is 1. The van der Waals surface area contributed by atoms with Gasteiger partial charge in [-0.2, -0.15) is 0 Å². The molecule has 0 aliphatic carbocycles. The molecule has 8 N–H and O–H groups in total. The Morgan fingerprint density at radius 2 is 1.69 bits per heavy atom. The third kappa shape index (κ3) is 11.5. The molecule has 2 rings (SSSR count). The number of hydrogen-bond acceptors (Lipinski definition) is 11. The van der Waals surface area contributed by atoms with Gasteiger partial charge in [0.05, 0.1) is 34.4 Å². The molecule has 15 heteroatoms. The molecule has 1 atom stereocenters. The number of thiazole rings is 1. The number of aliphatic carboxylic acids is 3. The van der Waals surface area contributed by atoms with Gasteiger partial charge in [0.1, 0.15) is 0 Å². The van der Waals surface area contributed by atoms with E-state index < -0.39 is 48.4 Å². The van der Waals surface area contributed by atoms with Crippen molar-refractivity contribution in [1.29, 1.82) is 0 Å². The van der Waals surface area contributed by atoms with Crippen LogP contribution in [-0.4, -0.2) is 83.9 Å². The van der Waals surface area contributed by atoms with Crippen LogP contribution in [-0.2, 0) is 14.4 Å². The summed E-state index contributed by atoms with van der Waals surface area (Å²) in [5.41, 5.74) is 3.37. The molecule has 0 saturated carbocycles. The minimum atomic E-state index is -2.74. The molecule has 1 amide bonds. The molecule has 0 radical (unpaired) electrons. The van der Waals surface area contributed by atoms with Gasteiger partial charge in [-0.25, -0.2) is 9.78 Å². The number of carbonyl (C=O) groups excluding carboxylic acids is 1. The third-order valence-electron chi connectivity index (χ3n) is 4.14. The number of hydrogen-bond donors (Lipinski definition) is 7. The van der Waals surface area contributed by atoms with E-state index in [1.54, 1.807) is 6.07 Å². The van der Waals surface area contributed by atoms with Crippen molar-refractivity contribution < 1.29 is 44.7 Å². The van der Waals surface area contributed by atoms with Crippen molar-refractivity contribution in [3.8, 4) is 10.6 Å². The second-order valence-corrected chi connectivity index (χ2v) is 11.8. The van der Waals surface area contributed by atoms with Gasteiger partial charge in [0, 0.05) is 23.2 Å². The van der Waals surface area contributed by atoms with Crippen LogP contribution in [0.3, 0.4) is 0 Å². The van der Waals surface area contributed by atoms with Crippen LogP contribution in [0.2, 0.25) is 0 Å². The average Bonchev–Trinajstić information content (AvgIpc) is 3.39. The summed E-state index contributed by atoms with van der Waals surface area (Å²) in [6, 6.07) is 3.58. The maximum Gasteiger partial charge on any atom is 0.336 e. The Labute approximate surface area is 219 Å². The second-order valence-electron chi connectivity index (χ2n) is 8.60. The van der Waals surface area contributed by atoms with Crippen molar-refractivity contribution in [3.05, 3.63) is 22.4 Å². The number of β-amino-alcohol motifs (C(OH)–C–C–N with tert-alkyl or cyclic N) is 1. The molecule has 0 aliphatic heterocycles. The van der Waals surface area contributed by atoms with E-state index >= 15 is 0 Å². The smallest absolute Gasteiger partial charge is 0.336 e. The Kier molecular flexibility index (Phi) is 11.9. The minimum absolute atomic E-state index is 0.00268. The maximum atomic E-state index is 11.1. The number of aliphatic hydroxyl groups excluding tert-OH is 1. The zero-order chi connectivity index (χ0) is 27.7. The van der Waals surface area contributed by atoms with Gasteiger partial charge in [-0.05, 0) is 32.9 Å². The Hall–Kier alpha value is -2.56. The third-order valence-corrected chi connectivity index (χ3v) is 7.43. The molecule has 0 aromatic carbocycles. The number of carboxylic acids is 3. The molecule has 0 saturated heterocycles. The van der Waals surface area contributed by atoms with Gasteiger partial charge < -0.3 is 36.6 Å².